The Labute approximate surface area is 101 Å². The smallest absolute Gasteiger partial charge is 0.416 e. The number of phenolic OH excluding ortho intramolecular Hbond substituents is 1. The zero-order valence-electron chi connectivity index (χ0n) is 8.85. The second-order valence-electron chi connectivity index (χ2n) is 3.46. The average molecular weight is 270 g/mol. The second kappa shape index (κ2) is 5.12. The van der Waals surface area contributed by atoms with Crippen molar-refractivity contribution in [2.24, 2.45) is 0 Å². The van der Waals surface area contributed by atoms with Gasteiger partial charge >= 0.3 is 6.18 Å². The summed E-state index contributed by atoms with van der Waals surface area (Å²) in [5, 5.41) is 21.4. The Morgan fingerprint density at radius 1 is 1.41 bits per heavy atom. The van der Waals surface area contributed by atoms with Crippen molar-refractivity contribution < 1.29 is 23.4 Å². The number of likely N-dealkylation sites (N-methyl/N-ethyl adjacent to an activating group) is 1. The standard InChI is InChI=1S/C10H11ClF3NO2/c1-15-4-8(17)9-6(11)2-5(3-7(9)16)10(12,13)14/h2-3,8,15-17H,4H2,1H3. The Morgan fingerprint density at radius 3 is 2.41 bits per heavy atom. The van der Waals surface area contributed by atoms with Gasteiger partial charge in [-0.2, -0.15) is 13.2 Å². The van der Waals surface area contributed by atoms with Crippen LogP contribution in [0.15, 0.2) is 12.1 Å². The normalized spacial score (nSPS) is 13.8. The highest BCUT2D eigenvalue weighted by atomic mass is 35.5. The van der Waals surface area contributed by atoms with E-state index in [-0.39, 0.29) is 17.1 Å². The van der Waals surface area contributed by atoms with Crippen molar-refractivity contribution in [1.29, 1.82) is 0 Å². The molecule has 0 bridgehead atoms. The molecule has 0 aliphatic heterocycles. The van der Waals surface area contributed by atoms with Crippen LogP contribution in [0.2, 0.25) is 5.02 Å². The van der Waals surface area contributed by atoms with E-state index in [0.717, 1.165) is 0 Å². The van der Waals surface area contributed by atoms with Gasteiger partial charge in [-0.05, 0) is 19.2 Å². The van der Waals surface area contributed by atoms with Gasteiger partial charge < -0.3 is 15.5 Å². The molecule has 3 nitrogen and oxygen atoms in total. The molecule has 0 amide bonds. The van der Waals surface area contributed by atoms with E-state index in [1.165, 1.54) is 0 Å². The Hall–Kier alpha value is -0.980. The van der Waals surface area contributed by atoms with E-state index in [9.17, 15) is 23.4 Å². The van der Waals surface area contributed by atoms with E-state index in [4.69, 9.17) is 11.6 Å². The maximum atomic E-state index is 12.4. The first kappa shape index (κ1) is 14.1. The second-order valence-corrected chi connectivity index (χ2v) is 3.87. The van der Waals surface area contributed by atoms with Gasteiger partial charge in [0, 0.05) is 12.1 Å². The highest BCUT2D eigenvalue weighted by Gasteiger charge is 2.32. The quantitative estimate of drug-likeness (QED) is 0.789. The minimum atomic E-state index is -4.59. The molecule has 0 aromatic heterocycles. The summed E-state index contributed by atoms with van der Waals surface area (Å²) < 4.78 is 37.2. The maximum absolute atomic E-state index is 12.4. The fraction of sp³-hybridized carbons (Fsp3) is 0.400. The molecule has 0 spiro atoms. The number of rotatable bonds is 3. The Bertz CT molecular complexity index is 386. The molecule has 0 fully saturated rings. The zero-order valence-corrected chi connectivity index (χ0v) is 9.60. The van der Waals surface area contributed by atoms with Gasteiger partial charge in [-0.25, -0.2) is 0 Å². The van der Waals surface area contributed by atoms with Crippen molar-refractivity contribution in [3.8, 4) is 5.75 Å². The summed E-state index contributed by atoms with van der Waals surface area (Å²) in [6, 6.07) is 1.22. The van der Waals surface area contributed by atoms with Gasteiger partial charge in [-0.3, -0.25) is 0 Å². The minimum Gasteiger partial charge on any atom is -0.507 e. The Morgan fingerprint density at radius 2 is 2.00 bits per heavy atom. The van der Waals surface area contributed by atoms with Crippen molar-refractivity contribution in [2.45, 2.75) is 12.3 Å². The van der Waals surface area contributed by atoms with E-state index >= 15 is 0 Å². The fourth-order valence-electron chi connectivity index (χ4n) is 1.39. The van der Waals surface area contributed by atoms with Gasteiger partial charge in [-0.1, -0.05) is 11.6 Å². The van der Waals surface area contributed by atoms with Gasteiger partial charge in [0.15, 0.2) is 0 Å². The van der Waals surface area contributed by atoms with Crippen LogP contribution in [0.25, 0.3) is 0 Å². The molecule has 0 radical (unpaired) electrons. The van der Waals surface area contributed by atoms with Crippen molar-refractivity contribution in [1.82, 2.24) is 5.32 Å². The third-order valence-electron chi connectivity index (χ3n) is 2.17. The van der Waals surface area contributed by atoms with Gasteiger partial charge in [0.2, 0.25) is 0 Å². The van der Waals surface area contributed by atoms with E-state index in [1.54, 1.807) is 7.05 Å². The zero-order chi connectivity index (χ0) is 13.2. The van der Waals surface area contributed by atoms with Crippen molar-refractivity contribution in [3.63, 3.8) is 0 Å². The van der Waals surface area contributed by atoms with Crippen LogP contribution in [0.3, 0.4) is 0 Å². The number of aliphatic hydroxyl groups excluding tert-OH is 1. The van der Waals surface area contributed by atoms with E-state index in [2.05, 4.69) is 5.32 Å². The predicted octanol–water partition coefficient (Wildman–Crippen LogP) is 2.32. The summed E-state index contributed by atoms with van der Waals surface area (Å²) in [5.74, 6) is -0.674. The SMILES string of the molecule is CNCC(O)c1c(O)cc(C(F)(F)F)cc1Cl. The van der Waals surface area contributed by atoms with E-state index < -0.39 is 23.6 Å². The van der Waals surface area contributed by atoms with Gasteiger partial charge in [-0.15, -0.1) is 0 Å². The molecule has 17 heavy (non-hydrogen) atoms. The number of aromatic hydroxyl groups is 1. The van der Waals surface area contributed by atoms with Crippen molar-refractivity contribution in [2.75, 3.05) is 13.6 Å². The van der Waals surface area contributed by atoms with Gasteiger partial charge in [0.25, 0.3) is 0 Å². The largest absolute Gasteiger partial charge is 0.507 e. The van der Waals surface area contributed by atoms with Crippen molar-refractivity contribution in [3.05, 3.63) is 28.3 Å². The lowest BCUT2D eigenvalue weighted by Crippen LogP contribution is -2.17. The predicted molar refractivity (Wildman–Crippen MR) is 57.0 cm³/mol. The molecule has 1 rings (SSSR count). The van der Waals surface area contributed by atoms with Crippen LogP contribution in [0, 0.1) is 0 Å². The molecule has 1 atom stereocenters. The fourth-order valence-corrected chi connectivity index (χ4v) is 1.73. The third-order valence-corrected chi connectivity index (χ3v) is 2.48. The molecule has 0 heterocycles. The van der Waals surface area contributed by atoms with Crippen molar-refractivity contribution >= 4 is 11.6 Å². The molecule has 1 aromatic rings. The van der Waals surface area contributed by atoms with Gasteiger partial charge in [0.05, 0.1) is 16.7 Å². The number of nitrogens with one attached hydrogen (secondary N) is 1. The van der Waals surface area contributed by atoms with E-state index in [0.29, 0.717) is 12.1 Å². The third kappa shape index (κ3) is 3.24. The first-order valence-corrected chi connectivity index (χ1v) is 5.07. The Balaban J connectivity index is 3.20. The number of alkyl halides is 3. The number of phenols is 1. The Kier molecular flexibility index (Phi) is 4.24. The topological polar surface area (TPSA) is 52.5 Å². The first-order chi connectivity index (χ1) is 7.77. The molecule has 0 aliphatic rings. The maximum Gasteiger partial charge on any atom is 0.416 e. The van der Waals surface area contributed by atoms with Crippen LogP contribution in [-0.2, 0) is 6.18 Å². The molecule has 7 heteroatoms. The molecule has 1 aromatic carbocycles. The minimum absolute atomic E-state index is 0.0681. The summed E-state index contributed by atoms with van der Waals surface area (Å²) in [4.78, 5) is 0. The molecular formula is C10H11ClF3NO2. The van der Waals surface area contributed by atoms with Crippen LogP contribution in [0.5, 0.6) is 5.75 Å². The van der Waals surface area contributed by atoms with Gasteiger partial charge in [0.1, 0.15) is 5.75 Å². The average Bonchev–Trinajstić information content (AvgIpc) is 2.15. The summed E-state index contributed by atoms with van der Waals surface area (Å²) in [7, 11) is 1.55. The lowest BCUT2D eigenvalue weighted by molar-refractivity contribution is -0.137. The van der Waals surface area contributed by atoms with Crippen LogP contribution >= 0.6 is 11.6 Å². The summed E-state index contributed by atoms with van der Waals surface area (Å²) in [6.45, 7) is 0.0681. The molecule has 0 saturated carbocycles. The number of hydrogen-bond acceptors (Lipinski definition) is 3. The van der Waals surface area contributed by atoms with E-state index in [1.807, 2.05) is 0 Å². The van der Waals surface area contributed by atoms with Crippen LogP contribution in [0.1, 0.15) is 17.2 Å². The number of halogens is 4. The molecule has 96 valence electrons. The highest BCUT2D eigenvalue weighted by molar-refractivity contribution is 6.31. The lowest BCUT2D eigenvalue weighted by atomic mass is 10.0. The molecular weight excluding hydrogens is 259 g/mol. The molecule has 1 unspecified atom stereocenters. The summed E-state index contributed by atoms with van der Waals surface area (Å²) in [5.41, 5.74) is -1.17. The van der Waals surface area contributed by atoms with Crippen LogP contribution in [-0.4, -0.2) is 23.8 Å². The number of benzene rings is 1. The molecule has 3 N–H and O–H groups in total. The monoisotopic (exact) mass is 269 g/mol. The molecule has 0 aliphatic carbocycles. The first-order valence-electron chi connectivity index (χ1n) is 4.69. The lowest BCUT2D eigenvalue weighted by Gasteiger charge is -2.16. The highest BCUT2D eigenvalue weighted by Crippen LogP contribution is 2.38. The summed E-state index contributed by atoms with van der Waals surface area (Å²) in [6.07, 6.45) is -5.76. The summed E-state index contributed by atoms with van der Waals surface area (Å²) >= 11 is 5.62. The number of aliphatic hydroxyl groups is 1. The molecule has 0 saturated heterocycles. The van der Waals surface area contributed by atoms with Crippen LogP contribution < -0.4 is 5.32 Å². The number of hydrogen-bond donors (Lipinski definition) is 3. The van der Waals surface area contributed by atoms with Crippen LogP contribution in [0.4, 0.5) is 13.2 Å².